The summed E-state index contributed by atoms with van der Waals surface area (Å²) in [6.45, 7) is 10.9. The molecule has 0 spiro atoms. The smallest absolute Gasteiger partial charge is 0.103 e. The fourth-order valence-corrected chi connectivity index (χ4v) is 2.79. The number of nitrogens with zero attached hydrogens (tertiary/aromatic N) is 2. The first kappa shape index (κ1) is 15.9. The van der Waals surface area contributed by atoms with Crippen LogP contribution in [0, 0.1) is 23.2 Å². The summed E-state index contributed by atoms with van der Waals surface area (Å²) in [7, 11) is 0. The largest absolute Gasteiger partial charge is 0.370 e. The van der Waals surface area contributed by atoms with E-state index in [9.17, 15) is 5.26 Å². The quantitative estimate of drug-likeness (QED) is 0.721. The molecular formula is C16H24N2S. The van der Waals surface area contributed by atoms with Crippen molar-refractivity contribution in [3.8, 4) is 6.07 Å². The molecule has 0 aliphatic rings. The third-order valence-corrected chi connectivity index (χ3v) is 3.63. The van der Waals surface area contributed by atoms with Crippen molar-refractivity contribution in [3.05, 3.63) is 23.8 Å². The predicted octanol–water partition coefficient (Wildman–Crippen LogP) is 4.40. The summed E-state index contributed by atoms with van der Waals surface area (Å²) in [5.74, 6) is 1.17. The van der Waals surface area contributed by atoms with Crippen LogP contribution in [0.3, 0.4) is 0 Å². The van der Waals surface area contributed by atoms with Gasteiger partial charge in [0.2, 0.25) is 0 Å². The van der Waals surface area contributed by atoms with Crippen LogP contribution in [0.15, 0.2) is 23.1 Å². The Morgan fingerprint density at radius 1 is 1.16 bits per heavy atom. The van der Waals surface area contributed by atoms with Gasteiger partial charge in [-0.05, 0) is 30.2 Å². The fraction of sp³-hybridized carbons (Fsp3) is 0.562. The van der Waals surface area contributed by atoms with Crippen molar-refractivity contribution in [2.45, 2.75) is 32.6 Å². The van der Waals surface area contributed by atoms with Gasteiger partial charge in [0.15, 0.2) is 0 Å². The van der Waals surface area contributed by atoms with Crippen molar-refractivity contribution < 1.29 is 0 Å². The van der Waals surface area contributed by atoms with Crippen LogP contribution in [0.4, 0.5) is 5.69 Å². The van der Waals surface area contributed by atoms with Gasteiger partial charge in [-0.3, -0.25) is 0 Å². The molecular weight excluding hydrogens is 252 g/mol. The van der Waals surface area contributed by atoms with E-state index in [0.29, 0.717) is 11.8 Å². The fourth-order valence-electron chi connectivity index (χ4n) is 2.22. The molecule has 1 rings (SSSR count). The molecule has 1 aromatic carbocycles. The Kier molecular flexibility index (Phi) is 6.24. The molecule has 0 amide bonds. The lowest BCUT2D eigenvalue weighted by atomic mass is 10.1. The SMILES string of the molecule is CSc1cccc(N(CC(C)C)CC(C)C)c1C#N. The Hall–Kier alpha value is -1.14. The second kappa shape index (κ2) is 7.45. The Morgan fingerprint density at radius 3 is 2.16 bits per heavy atom. The topological polar surface area (TPSA) is 27.0 Å². The number of nitriles is 1. The molecule has 0 aromatic heterocycles. The normalized spacial score (nSPS) is 10.8. The van der Waals surface area contributed by atoms with Gasteiger partial charge in [-0.15, -0.1) is 11.8 Å². The van der Waals surface area contributed by atoms with Crippen molar-refractivity contribution >= 4 is 17.4 Å². The highest BCUT2D eigenvalue weighted by molar-refractivity contribution is 7.98. The molecule has 0 atom stereocenters. The second-order valence-corrected chi connectivity index (χ2v) is 6.51. The molecule has 3 heteroatoms. The van der Waals surface area contributed by atoms with Crippen LogP contribution in [0.5, 0.6) is 0 Å². The van der Waals surface area contributed by atoms with Crippen LogP contribution in [0.2, 0.25) is 0 Å². The number of anilines is 1. The number of benzene rings is 1. The molecule has 0 unspecified atom stereocenters. The molecule has 0 radical (unpaired) electrons. The zero-order chi connectivity index (χ0) is 14.4. The van der Waals surface area contributed by atoms with E-state index >= 15 is 0 Å². The highest BCUT2D eigenvalue weighted by atomic mass is 32.2. The van der Waals surface area contributed by atoms with Gasteiger partial charge in [0, 0.05) is 18.0 Å². The Labute approximate surface area is 121 Å². The Bertz CT molecular complexity index is 437. The van der Waals surface area contributed by atoms with Crippen LogP contribution in [-0.2, 0) is 0 Å². The first-order chi connectivity index (χ1) is 8.99. The van der Waals surface area contributed by atoms with E-state index in [1.54, 1.807) is 11.8 Å². The first-order valence-electron chi connectivity index (χ1n) is 6.81. The molecule has 0 saturated heterocycles. The molecule has 0 fully saturated rings. The molecule has 2 nitrogen and oxygen atoms in total. The summed E-state index contributed by atoms with van der Waals surface area (Å²) in [6, 6.07) is 8.53. The van der Waals surface area contributed by atoms with Crippen LogP contribution in [0.25, 0.3) is 0 Å². The second-order valence-electron chi connectivity index (χ2n) is 5.66. The molecule has 0 heterocycles. The lowest BCUT2D eigenvalue weighted by Crippen LogP contribution is -2.32. The average Bonchev–Trinajstić information content (AvgIpc) is 2.35. The number of hydrogen-bond donors (Lipinski definition) is 0. The maximum absolute atomic E-state index is 9.46. The van der Waals surface area contributed by atoms with Crippen molar-refractivity contribution in [2.75, 3.05) is 24.2 Å². The van der Waals surface area contributed by atoms with E-state index in [4.69, 9.17) is 0 Å². The summed E-state index contributed by atoms with van der Waals surface area (Å²) >= 11 is 1.64. The monoisotopic (exact) mass is 276 g/mol. The summed E-state index contributed by atoms with van der Waals surface area (Å²) in [5, 5.41) is 9.46. The molecule has 104 valence electrons. The molecule has 0 bridgehead atoms. The maximum atomic E-state index is 9.46. The molecule has 19 heavy (non-hydrogen) atoms. The predicted molar refractivity (Wildman–Crippen MR) is 84.8 cm³/mol. The summed E-state index contributed by atoms with van der Waals surface area (Å²) in [6.07, 6.45) is 2.02. The summed E-state index contributed by atoms with van der Waals surface area (Å²) < 4.78 is 0. The minimum atomic E-state index is 0.586. The van der Waals surface area contributed by atoms with Crippen molar-refractivity contribution in [1.29, 1.82) is 5.26 Å². The maximum Gasteiger partial charge on any atom is 0.103 e. The Balaban J connectivity index is 3.18. The molecule has 0 aliphatic heterocycles. The van der Waals surface area contributed by atoms with Crippen molar-refractivity contribution in [1.82, 2.24) is 0 Å². The van der Waals surface area contributed by atoms with Gasteiger partial charge < -0.3 is 4.90 Å². The molecule has 0 aliphatic carbocycles. The van der Waals surface area contributed by atoms with Gasteiger partial charge in [-0.2, -0.15) is 5.26 Å². The van der Waals surface area contributed by atoms with Gasteiger partial charge in [0.1, 0.15) is 6.07 Å². The van der Waals surface area contributed by atoms with E-state index < -0.39 is 0 Å². The number of rotatable bonds is 6. The zero-order valence-electron chi connectivity index (χ0n) is 12.6. The van der Waals surface area contributed by atoms with Gasteiger partial charge in [-0.1, -0.05) is 33.8 Å². The standard InChI is InChI=1S/C16H24N2S/c1-12(2)10-18(11-13(3)4)15-7-6-8-16(19-5)14(15)9-17/h6-8,12-13H,10-11H2,1-5H3. The Morgan fingerprint density at radius 2 is 1.74 bits per heavy atom. The average molecular weight is 276 g/mol. The lowest BCUT2D eigenvalue weighted by Gasteiger charge is -2.29. The van der Waals surface area contributed by atoms with Crippen LogP contribution in [-0.4, -0.2) is 19.3 Å². The van der Waals surface area contributed by atoms with E-state index in [0.717, 1.165) is 29.2 Å². The van der Waals surface area contributed by atoms with Crippen molar-refractivity contribution in [3.63, 3.8) is 0 Å². The van der Waals surface area contributed by atoms with Gasteiger partial charge in [0.25, 0.3) is 0 Å². The van der Waals surface area contributed by atoms with Crippen molar-refractivity contribution in [2.24, 2.45) is 11.8 Å². The summed E-state index contributed by atoms with van der Waals surface area (Å²) in [5.41, 5.74) is 1.90. The van der Waals surface area contributed by atoms with E-state index in [2.05, 4.69) is 50.8 Å². The molecule has 0 saturated carbocycles. The third kappa shape index (κ3) is 4.47. The lowest BCUT2D eigenvalue weighted by molar-refractivity contribution is 0.552. The van der Waals surface area contributed by atoms with Crippen LogP contribution >= 0.6 is 11.8 Å². The van der Waals surface area contributed by atoms with Gasteiger partial charge in [-0.25, -0.2) is 0 Å². The van der Waals surface area contributed by atoms with E-state index in [-0.39, 0.29) is 0 Å². The molecule has 0 N–H and O–H groups in total. The van der Waals surface area contributed by atoms with Crippen LogP contribution in [0.1, 0.15) is 33.3 Å². The molecule has 1 aromatic rings. The number of hydrogen-bond acceptors (Lipinski definition) is 3. The van der Waals surface area contributed by atoms with E-state index in [1.807, 2.05) is 12.3 Å². The zero-order valence-corrected chi connectivity index (χ0v) is 13.4. The minimum Gasteiger partial charge on any atom is -0.370 e. The highest BCUT2D eigenvalue weighted by Gasteiger charge is 2.16. The number of thioether (sulfide) groups is 1. The third-order valence-electron chi connectivity index (χ3n) is 2.85. The van der Waals surface area contributed by atoms with Crippen LogP contribution < -0.4 is 4.90 Å². The first-order valence-corrected chi connectivity index (χ1v) is 8.04. The van der Waals surface area contributed by atoms with E-state index in [1.165, 1.54) is 0 Å². The minimum absolute atomic E-state index is 0.586. The highest BCUT2D eigenvalue weighted by Crippen LogP contribution is 2.30. The van der Waals surface area contributed by atoms with Gasteiger partial charge in [0.05, 0.1) is 11.3 Å². The van der Waals surface area contributed by atoms with Gasteiger partial charge >= 0.3 is 0 Å². The summed E-state index contributed by atoms with van der Waals surface area (Å²) in [4.78, 5) is 3.42.